The van der Waals surface area contributed by atoms with Gasteiger partial charge in [0, 0.05) is 24.0 Å². The summed E-state index contributed by atoms with van der Waals surface area (Å²) in [6, 6.07) is -0.741. The molecule has 8 heteroatoms. The average Bonchev–Trinajstić information content (AvgIpc) is 2.84. The number of amides is 2. The van der Waals surface area contributed by atoms with Crippen molar-refractivity contribution in [1.82, 2.24) is 10.2 Å². The minimum atomic E-state index is -0.970. The molecule has 0 radical (unpaired) electrons. The van der Waals surface area contributed by atoms with Gasteiger partial charge >= 0.3 is 5.97 Å². The summed E-state index contributed by atoms with van der Waals surface area (Å²) in [5, 5.41) is 11.5. The molecule has 0 spiro atoms. The van der Waals surface area contributed by atoms with Crippen LogP contribution in [0.2, 0.25) is 0 Å². The van der Waals surface area contributed by atoms with Crippen LogP contribution in [-0.4, -0.2) is 57.1 Å². The summed E-state index contributed by atoms with van der Waals surface area (Å²) in [4.78, 5) is 35.8. The van der Waals surface area contributed by atoms with Gasteiger partial charge in [-0.15, -0.1) is 11.8 Å². The molecular formula is C11H18N2O4S2. The van der Waals surface area contributed by atoms with Gasteiger partial charge in [0.15, 0.2) is 0 Å². The fraction of sp³-hybridized carbons (Fsp3) is 0.727. The van der Waals surface area contributed by atoms with E-state index in [9.17, 15) is 14.4 Å². The zero-order chi connectivity index (χ0) is 14.4. The smallest absolute Gasteiger partial charge is 0.327 e. The molecule has 0 aromatic heterocycles. The standard InChI is InChI=1S/C11H18N2O4S2/c1-3-12-11(17)19-4-7(2)9(14)13-6-18-5-8(13)10(15)16/h7-8H,3-6H2,1-2H3,(H,12,17)(H,15,16). The van der Waals surface area contributed by atoms with Crippen LogP contribution >= 0.6 is 23.5 Å². The van der Waals surface area contributed by atoms with Crippen molar-refractivity contribution in [1.29, 1.82) is 0 Å². The minimum Gasteiger partial charge on any atom is -0.480 e. The highest BCUT2D eigenvalue weighted by molar-refractivity contribution is 8.13. The zero-order valence-electron chi connectivity index (χ0n) is 10.9. The van der Waals surface area contributed by atoms with Crippen molar-refractivity contribution in [3.63, 3.8) is 0 Å². The lowest BCUT2D eigenvalue weighted by Gasteiger charge is -2.23. The summed E-state index contributed by atoms with van der Waals surface area (Å²) < 4.78 is 0. The third-order valence-corrected chi connectivity index (χ3v) is 4.74. The third kappa shape index (κ3) is 4.61. The van der Waals surface area contributed by atoms with Gasteiger partial charge in [0.05, 0.1) is 5.88 Å². The van der Waals surface area contributed by atoms with Crippen LogP contribution in [0.15, 0.2) is 0 Å². The molecule has 1 fully saturated rings. The molecule has 19 heavy (non-hydrogen) atoms. The maximum absolute atomic E-state index is 12.1. The molecule has 0 aliphatic carbocycles. The third-order valence-electron chi connectivity index (χ3n) is 2.66. The first-order chi connectivity index (χ1) is 8.97. The molecule has 1 aliphatic rings. The Hall–Kier alpha value is -0.890. The molecule has 6 nitrogen and oxygen atoms in total. The van der Waals surface area contributed by atoms with Gasteiger partial charge in [0.1, 0.15) is 6.04 Å². The molecule has 0 aromatic rings. The van der Waals surface area contributed by atoms with Gasteiger partial charge in [-0.05, 0) is 6.92 Å². The lowest BCUT2D eigenvalue weighted by Crippen LogP contribution is -2.44. The van der Waals surface area contributed by atoms with Crippen LogP contribution in [0.5, 0.6) is 0 Å². The van der Waals surface area contributed by atoms with Crippen molar-refractivity contribution >= 4 is 40.6 Å². The van der Waals surface area contributed by atoms with Crippen LogP contribution in [0.1, 0.15) is 13.8 Å². The number of rotatable bonds is 5. The number of hydrogen-bond donors (Lipinski definition) is 2. The van der Waals surface area contributed by atoms with Crippen LogP contribution in [0.3, 0.4) is 0 Å². The molecule has 108 valence electrons. The Kier molecular flexibility index (Phi) is 6.50. The quantitative estimate of drug-likeness (QED) is 0.790. The van der Waals surface area contributed by atoms with Crippen molar-refractivity contribution in [3.8, 4) is 0 Å². The van der Waals surface area contributed by atoms with E-state index in [0.717, 1.165) is 11.8 Å². The first-order valence-corrected chi connectivity index (χ1v) is 8.13. The summed E-state index contributed by atoms with van der Waals surface area (Å²) in [6.45, 7) is 4.10. The summed E-state index contributed by atoms with van der Waals surface area (Å²) in [5.74, 6) is -0.342. The summed E-state index contributed by atoms with van der Waals surface area (Å²) >= 11 is 2.49. The van der Waals surface area contributed by atoms with Crippen molar-refractivity contribution in [3.05, 3.63) is 0 Å². The van der Waals surface area contributed by atoms with E-state index < -0.39 is 12.0 Å². The molecule has 2 atom stereocenters. The van der Waals surface area contributed by atoms with Crippen LogP contribution in [0.4, 0.5) is 4.79 Å². The molecule has 0 aromatic carbocycles. The van der Waals surface area contributed by atoms with Crippen LogP contribution in [0.25, 0.3) is 0 Å². The van der Waals surface area contributed by atoms with E-state index >= 15 is 0 Å². The van der Waals surface area contributed by atoms with Crippen molar-refractivity contribution < 1.29 is 19.5 Å². The van der Waals surface area contributed by atoms with Gasteiger partial charge in [0.2, 0.25) is 5.91 Å². The second-order valence-electron chi connectivity index (χ2n) is 4.19. The monoisotopic (exact) mass is 306 g/mol. The maximum atomic E-state index is 12.1. The number of carboxylic acid groups (broad SMARTS) is 1. The van der Waals surface area contributed by atoms with Gasteiger partial charge < -0.3 is 15.3 Å². The van der Waals surface area contributed by atoms with E-state index in [-0.39, 0.29) is 17.1 Å². The fourth-order valence-electron chi connectivity index (χ4n) is 1.61. The predicted octanol–water partition coefficient (Wildman–Crippen LogP) is 1.07. The highest BCUT2D eigenvalue weighted by atomic mass is 32.2. The maximum Gasteiger partial charge on any atom is 0.327 e. The number of carbonyl (C=O) groups excluding carboxylic acids is 2. The number of carboxylic acids is 1. The molecular weight excluding hydrogens is 288 g/mol. The van der Waals surface area contributed by atoms with E-state index in [1.165, 1.54) is 16.7 Å². The number of thioether (sulfide) groups is 2. The Morgan fingerprint density at radius 2 is 2.21 bits per heavy atom. The van der Waals surface area contributed by atoms with Crippen molar-refractivity contribution in [2.24, 2.45) is 5.92 Å². The minimum absolute atomic E-state index is 0.160. The average molecular weight is 306 g/mol. The Labute approximate surface area is 120 Å². The Bertz CT molecular complexity index is 365. The molecule has 1 saturated heterocycles. The second-order valence-corrected chi connectivity index (χ2v) is 6.18. The molecule has 1 aliphatic heterocycles. The highest BCUT2D eigenvalue weighted by Gasteiger charge is 2.36. The Morgan fingerprint density at radius 1 is 1.53 bits per heavy atom. The van der Waals surface area contributed by atoms with Gasteiger partial charge in [-0.2, -0.15) is 0 Å². The summed E-state index contributed by atoms with van der Waals surface area (Å²) in [5.41, 5.74) is 0. The van der Waals surface area contributed by atoms with Gasteiger partial charge in [-0.25, -0.2) is 4.79 Å². The van der Waals surface area contributed by atoms with Crippen molar-refractivity contribution in [2.75, 3.05) is 23.9 Å². The van der Waals surface area contributed by atoms with Gasteiger partial charge in [0.25, 0.3) is 5.24 Å². The molecule has 1 rings (SSSR count). The molecule has 0 saturated carbocycles. The summed E-state index contributed by atoms with van der Waals surface area (Å²) in [6.07, 6.45) is 0. The molecule has 1 heterocycles. The van der Waals surface area contributed by atoms with Gasteiger partial charge in [-0.3, -0.25) is 9.59 Å². The van der Waals surface area contributed by atoms with E-state index in [1.807, 2.05) is 6.92 Å². The number of hydrogen-bond acceptors (Lipinski definition) is 5. The SMILES string of the molecule is CCNC(=O)SCC(C)C(=O)N1CSCC1C(=O)O. The van der Waals surface area contributed by atoms with Crippen LogP contribution in [0, 0.1) is 5.92 Å². The Morgan fingerprint density at radius 3 is 2.79 bits per heavy atom. The lowest BCUT2D eigenvalue weighted by molar-refractivity contribution is -0.148. The normalized spacial score (nSPS) is 20.1. The van der Waals surface area contributed by atoms with Crippen molar-refractivity contribution in [2.45, 2.75) is 19.9 Å². The highest BCUT2D eigenvalue weighted by Crippen LogP contribution is 2.24. The topological polar surface area (TPSA) is 86.7 Å². The second kappa shape index (κ2) is 7.64. The molecule has 2 N–H and O–H groups in total. The molecule has 0 bridgehead atoms. The van der Waals surface area contributed by atoms with Crippen LogP contribution < -0.4 is 5.32 Å². The number of aliphatic carboxylic acids is 1. The van der Waals surface area contributed by atoms with E-state index in [2.05, 4.69) is 5.32 Å². The lowest BCUT2D eigenvalue weighted by atomic mass is 10.1. The number of carbonyl (C=O) groups is 3. The van der Waals surface area contributed by atoms with Crippen LogP contribution in [-0.2, 0) is 9.59 Å². The molecule has 2 unspecified atom stereocenters. The number of nitrogens with one attached hydrogen (secondary N) is 1. The van der Waals surface area contributed by atoms with E-state index in [4.69, 9.17) is 5.11 Å². The van der Waals surface area contributed by atoms with Gasteiger partial charge in [-0.1, -0.05) is 18.7 Å². The van der Waals surface area contributed by atoms with E-state index in [0.29, 0.717) is 23.9 Å². The fourth-order valence-corrected chi connectivity index (χ4v) is 3.56. The molecule has 2 amide bonds. The zero-order valence-corrected chi connectivity index (χ0v) is 12.6. The largest absolute Gasteiger partial charge is 0.480 e. The predicted molar refractivity (Wildman–Crippen MR) is 76.3 cm³/mol. The summed E-state index contributed by atoms with van der Waals surface area (Å²) in [7, 11) is 0. The number of nitrogens with zero attached hydrogens (tertiary/aromatic N) is 1. The first-order valence-electron chi connectivity index (χ1n) is 5.99. The Balaban J connectivity index is 2.47. The van der Waals surface area contributed by atoms with E-state index in [1.54, 1.807) is 6.92 Å². The first kappa shape index (κ1) is 16.2.